The van der Waals surface area contributed by atoms with E-state index < -0.39 is 9.04 Å². The maximum absolute atomic E-state index is 6.00. The van der Waals surface area contributed by atoms with Crippen molar-refractivity contribution >= 4 is 14.2 Å². The van der Waals surface area contributed by atoms with E-state index in [0.717, 1.165) is 32.3 Å². The first-order chi connectivity index (χ1) is 8.38. The summed E-state index contributed by atoms with van der Waals surface area (Å²) in [6.07, 6.45) is 2.94. The zero-order chi connectivity index (χ0) is 12.3. The molecule has 1 aromatic rings. The molecule has 1 atom stereocenters. The molecule has 3 heteroatoms. The van der Waals surface area contributed by atoms with Crippen molar-refractivity contribution in [2.45, 2.75) is 19.4 Å². The van der Waals surface area contributed by atoms with Gasteiger partial charge in [-0.1, -0.05) is 36.4 Å². The third-order valence-electron chi connectivity index (χ3n) is 2.51. The number of allylic oxidation sites excluding steroid dienone is 1. The van der Waals surface area contributed by atoms with Crippen molar-refractivity contribution < 1.29 is 9.16 Å². The summed E-state index contributed by atoms with van der Waals surface area (Å²) in [6, 6.07) is 11.5. The molecule has 0 aliphatic heterocycles. The van der Waals surface area contributed by atoms with Crippen LogP contribution in [0, 0.1) is 0 Å². The van der Waals surface area contributed by atoms with Crippen LogP contribution in [0.3, 0.4) is 0 Å². The predicted molar refractivity (Wildman–Crippen MR) is 75.3 cm³/mol. The average molecular weight is 250 g/mol. The van der Waals surface area contributed by atoms with Gasteiger partial charge in [0.25, 0.3) is 0 Å². The molecule has 1 unspecified atom stereocenters. The van der Waals surface area contributed by atoms with E-state index in [4.69, 9.17) is 9.16 Å². The molecule has 1 rings (SSSR count). The standard InChI is InChI=1S/C14H22O2Si/c1-3-13-17(14-9-6-5-7-10-14)16-12-8-11-15-4-2/h3,5-7,9-10,17H,1,4,8,11-13H2,2H3. The predicted octanol–water partition coefficient (Wildman–Crippen LogP) is 2.25. The zero-order valence-electron chi connectivity index (χ0n) is 10.6. The quantitative estimate of drug-likeness (QED) is 0.380. The fourth-order valence-electron chi connectivity index (χ4n) is 1.65. The van der Waals surface area contributed by atoms with Crippen LogP contribution in [0.25, 0.3) is 0 Å². The molecule has 0 amide bonds. The monoisotopic (exact) mass is 250 g/mol. The van der Waals surface area contributed by atoms with Crippen LogP contribution in [-0.4, -0.2) is 28.9 Å². The molecule has 2 nitrogen and oxygen atoms in total. The molecule has 0 heterocycles. The molecule has 0 aromatic heterocycles. The summed E-state index contributed by atoms with van der Waals surface area (Å²) in [5.74, 6) is 0. The van der Waals surface area contributed by atoms with Crippen LogP contribution >= 0.6 is 0 Å². The van der Waals surface area contributed by atoms with Gasteiger partial charge in [-0.05, 0) is 24.6 Å². The highest BCUT2D eigenvalue weighted by molar-refractivity contribution is 6.67. The maximum atomic E-state index is 6.00. The Kier molecular flexibility index (Phi) is 7.63. The first-order valence-corrected chi connectivity index (χ1v) is 8.10. The lowest BCUT2D eigenvalue weighted by atomic mass is 10.4. The fourth-order valence-corrected chi connectivity index (χ4v) is 3.66. The summed E-state index contributed by atoms with van der Waals surface area (Å²) in [4.78, 5) is 0. The van der Waals surface area contributed by atoms with Crippen molar-refractivity contribution in [2.75, 3.05) is 19.8 Å². The van der Waals surface area contributed by atoms with Crippen molar-refractivity contribution in [3.05, 3.63) is 43.0 Å². The smallest absolute Gasteiger partial charge is 0.211 e. The second kappa shape index (κ2) is 9.16. The number of benzene rings is 1. The highest BCUT2D eigenvalue weighted by Gasteiger charge is 2.12. The minimum atomic E-state index is -1.32. The number of hydrogen-bond donors (Lipinski definition) is 0. The Labute approximate surface area is 106 Å². The average Bonchev–Trinajstić information content (AvgIpc) is 2.38. The lowest BCUT2D eigenvalue weighted by Gasteiger charge is -2.15. The Hall–Kier alpha value is -0.903. The fraction of sp³-hybridized carbons (Fsp3) is 0.429. The van der Waals surface area contributed by atoms with E-state index in [0.29, 0.717) is 0 Å². The van der Waals surface area contributed by atoms with Gasteiger partial charge in [0.15, 0.2) is 0 Å². The Balaban J connectivity index is 2.36. The largest absolute Gasteiger partial charge is 0.415 e. The maximum Gasteiger partial charge on any atom is 0.211 e. The van der Waals surface area contributed by atoms with E-state index in [2.05, 4.69) is 30.8 Å². The van der Waals surface area contributed by atoms with E-state index in [1.807, 2.05) is 19.1 Å². The lowest BCUT2D eigenvalue weighted by molar-refractivity contribution is 0.131. The normalized spacial score (nSPS) is 12.3. The SMILES string of the molecule is C=CC[SiH](OCCCOCC)c1ccccc1. The molecule has 17 heavy (non-hydrogen) atoms. The van der Waals surface area contributed by atoms with Crippen molar-refractivity contribution in [3.63, 3.8) is 0 Å². The van der Waals surface area contributed by atoms with Gasteiger partial charge < -0.3 is 9.16 Å². The van der Waals surface area contributed by atoms with Gasteiger partial charge >= 0.3 is 0 Å². The van der Waals surface area contributed by atoms with Gasteiger partial charge in [0.05, 0.1) is 0 Å². The van der Waals surface area contributed by atoms with Gasteiger partial charge in [-0.2, -0.15) is 0 Å². The molecule has 0 N–H and O–H groups in total. The molecule has 0 saturated heterocycles. The van der Waals surface area contributed by atoms with E-state index in [-0.39, 0.29) is 0 Å². The van der Waals surface area contributed by atoms with Crippen LogP contribution in [0.5, 0.6) is 0 Å². The molecule has 0 radical (unpaired) electrons. The van der Waals surface area contributed by atoms with Crippen molar-refractivity contribution in [2.24, 2.45) is 0 Å². The molecule has 94 valence electrons. The van der Waals surface area contributed by atoms with E-state index in [1.165, 1.54) is 5.19 Å². The van der Waals surface area contributed by atoms with Crippen molar-refractivity contribution in [3.8, 4) is 0 Å². The first kappa shape index (κ1) is 14.2. The van der Waals surface area contributed by atoms with Crippen molar-refractivity contribution in [1.82, 2.24) is 0 Å². The van der Waals surface area contributed by atoms with Gasteiger partial charge in [-0.15, -0.1) is 6.58 Å². The van der Waals surface area contributed by atoms with Crippen LogP contribution in [0.4, 0.5) is 0 Å². The molecular weight excluding hydrogens is 228 g/mol. The molecule has 0 spiro atoms. The molecule has 0 saturated carbocycles. The highest BCUT2D eigenvalue weighted by atomic mass is 28.3. The number of rotatable bonds is 9. The number of ether oxygens (including phenoxy) is 1. The molecule has 0 aliphatic carbocycles. The summed E-state index contributed by atoms with van der Waals surface area (Å²) in [5.41, 5.74) is 0. The Morgan fingerprint density at radius 3 is 2.65 bits per heavy atom. The van der Waals surface area contributed by atoms with E-state index in [1.54, 1.807) is 0 Å². The highest BCUT2D eigenvalue weighted by Crippen LogP contribution is 1.99. The topological polar surface area (TPSA) is 18.5 Å². The molecule has 0 aliphatic rings. The lowest BCUT2D eigenvalue weighted by Crippen LogP contribution is -2.33. The van der Waals surface area contributed by atoms with Crippen molar-refractivity contribution in [1.29, 1.82) is 0 Å². The first-order valence-electron chi connectivity index (χ1n) is 6.23. The number of hydrogen-bond acceptors (Lipinski definition) is 2. The minimum absolute atomic E-state index is 0.784. The van der Waals surface area contributed by atoms with Crippen LogP contribution in [-0.2, 0) is 9.16 Å². The van der Waals surface area contributed by atoms with Crippen LogP contribution < -0.4 is 5.19 Å². The second-order valence-electron chi connectivity index (χ2n) is 3.84. The van der Waals surface area contributed by atoms with Gasteiger partial charge in [0.1, 0.15) is 0 Å². The summed E-state index contributed by atoms with van der Waals surface area (Å²) in [7, 11) is -1.32. The molecule has 1 aromatic carbocycles. The van der Waals surface area contributed by atoms with Crippen LogP contribution in [0.15, 0.2) is 43.0 Å². The minimum Gasteiger partial charge on any atom is -0.415 e. The van der Waals surface area contributed by atoms with E-state index >= 15 is 0 Å². The Morgan fingerprint density at radius 2 is 2.00 bits per heavy atom. The third kappa shape index (κ3) is 5.82. The third-order valence-corrected chi connectivity index (χ3v) is 5.04. The van der Waals surface area contributed by atoms with Gasteiger partial charge in [0.2, 0.25) is 9.04 Å². The Bertz CT molecular complexity index is 300. The summed E-state index contributed by atoms with van der Waals surface area (Å²) >= 11 is 0. The van der Waals surface area contributed by atoms with Crippen LogP contribution in [0.1, 0.15) is 13.3 Å². The van der Waals surface area contributed by atoms with Gasteiger partial charge in [-0.3, -0.25) is 0 Å². The molecule has 0 fully saturated rings. The van der Waals surface area contributed by atoms with Crippen LogP contribution in [0.2, 0.25) is 6.04 Å². The summed E-state index contributed by atoms with van der Waals surface area (Å²) in [5, 5.41) is 1.35. The molecule has 0 bridgehead atoms. The second-order valence-corrected chi connectivity index (χ2v) is 6.29. The zero-order valence-corrected chi connectivity index (χ0v) is 11.8. The van der Waals surface area contributed by atoms with E-state index in [9.17, 15) is 0 Å². The summed E-state index contributed by atoms with van der Waals surface area (Å²) < 4.78 is 11.3. The molecular formula is C14H22O2Si. The van der Waals surface area contributed by atoms with Gasteiger partial charge in [0, 0.05) is 19.8 Å². The van der Waals surface area contributed by atoms with Gasteiger partial charge in [-0.25, -0.2) is 0 Å². The summed E-state index contributed by atoms with van der Waals surface area (Å²) in [6.45, 7) is 8.20. The Morgan fingerprint density at radius 1 is 1.24 bits per heavy atom.